The molecule has 1 aliphatic heterocycles. The molecule has 1 atom stereocenters. The number of rotatable bonds is 3. The summed E-state index contributed by atoms with van der Waals surface area (Å²) in [7, 11) is 0. The van der Waals surface area contributed by atoms with Crippen LogP contribution < -0.4 is 10.1 Å². The molecule has 1 unspecified atom stereocenters. The fourth-order valence-corrected chi connectivity index (χ4v) is 4.53. The van der Waals surface area contributed by atoms with E-state index in [9.17, 15) is 9.90 Å². The van der Waals surface area contributed by atoms with E-state index >= 15 is 0 Å². The molecule has 0 aliphatic carbocycles. The molecule has 4 aromatic rings. The summed E-state index contributed by atoms with van der Waals surface area (Å²) in [6.07, 6.45) is 4.15. The number of benzene rings is 2. The lowest BCUT2D eigenvalue weighted by Gasteiger charge is -2.25. The monoisotopic (exact) mass is 430 g/mol. The maximum absolute atomic E-state index is 13.7. The Morgan fingerprint density at radius 1 is 1.00 bits per heavy atom. The van der Waals surface area contributed by atoms with Crippen LogP contribution in [0, 0.1) is 0 Å². The topological polar surface area (TPSA) is 59.0 Å². The van der Waals surface area contributed by atoms with Gasteiger partial charge in [-0.15, -0.1) is 0 Å². The molecule has 0 spiro atoms. The molecule has 5 rings (SSSR count). The Labute approximate surface area is 184 Å². The molecule has 154 valence electrons. The minimum atomic E-state index is -0.226. The van der Waals surface area contributed by atoms with Crippen LogP contribution in [0.4, 0.5) is 0 Å². The molecule has 2 aromatic heterocycles. The first kappa shape index (κ1) is 19.5. The molecule has 0 amide bonds. The molecular weight excluding hydrogens is 410 g/mol. The third kappa shape index (κ3) is 3.41. The summed E-state index contributed by atoms with van der Waals surface area (Å²) >= 11 is 6.00. The van der Waals surface area contributed by atoms with Crippen LogP contribution in [-0.4, -0.2) is 14.7 Å². The maximum atomic E-state index is 13.7. The van der Waals surface area contributed by atoms with E-state index < -0.39 is 0 Å². The number of aromatic hydroxyl groups is 1. The number of pyridine rings is 1. The molecule has 31 heavy (non-hydrogen) atoms. The maximum Gasteiger partial charge on any atom is 0.354 e. The predicted octanol–water partition coefficient (Wildman–Crippen LogP) is 4.47. The third-order valence-corrected chi connectivity index (χ3v) is 6.03. The molecule has 2 aromatic carbocycles. The first-order chi connectivity index (χ1) is 15.1. The van der Waals surface area contributed by atoms with Gasteiger partial charge in [0.25, 0.3) is 11.7 Å². The second-order valence-corrected chi connectivity index (χ2v) is 8.04. The fourth-order valence-electron chi connectivity index (χ4n) is 4.42. The van der Waals surface area contributed by atoms with Gasteiger partial charge in [0, 0.05) is 11.8 Å². The summed E-state index contributed by atoms with van der Waals surface area (Å²) in [5, 5.41) is 11.9. The average molecular weight is 431 g/mol. The number of halogens is 1. The molecule has 1 N–H and O–H groups in total. The van der Waals surface area contributed by atoms with Gasteiger partial charge in [0.05, 0.1) is 6.42 Å². The lowest BCUT2D eigenvalue weighted by molar-refractivity contribution is -0.734. The molecule has 6 heteroatoms. The Morgan fingerprint density at radius 3 is 2.39 bits per heavy atom. The van der Waals surface area contributed by atoms with Crippen LogP contribution in [0.15, 0.2) is 83.8 Å². The first-order valence-corrected chi connectivity index (χ1v) is 10.7. The normalized spacial score (nSPS) is 15.5. The summed E-state index contributed by atoms with van der Waals surface area (Å²) in [6.45, 7) is 0. The Kier molecular flexibility index (Phi) is 5.04. The molecule has 0 saturated carbocycles. The summed E-state index contributed by atoms with van der Waals surface area (Å²) in [5.41, 5.74) is 2.48. The summed E-state index contributed by atoms with van der Waals surface area (Å²) in [6, 6.07) is 22.5. The van der Waals surface area contributed by atoms with Crippen LogP contribution in [-0.2, 0) is 6.42 Å². The highest BCUT2D eigenvalue weighted by atomic mass is 35.5. The number of fused-ring (bicyclic) bond motifs is 1. The lowest BCUT2D eigenvalue weighted by atomic mass is 9.96. The third-order valence-electron chi connectivity index (χ3n) is 5.81. The van der Waals surface area contributed by atoms with Gasteiger partial charge in [0.2, 0.25) is 0 Å². The zero-order valence-electron chi connectivity index (χ0n) is 16.8. The Bertz CT molecular complexity index is 1290. The Hall–Kier alpha value is -3.44. The zero-order chi connectivity index (χ0) is 21.4. The SMILES string of the molecule is O=c1c(-c2ccccc2)c(O)[n+]2c(n1-c1ccccc1)CCCC2c1ccc(Cl)nc1. The predicted molar refractivity (Wildman–Crippen MR) is 120 cm³/mol. The highest BCUT2D eigenvalue weighted by molar-refractivity contribution is 6.29. The van der Waals surface area contributed by atoms with Crippen LogP contribution >= 0.6 is 11.6 Å². The molecule has 0 fully saturated rings. The van der Waals surface area contributed by atoms with Crippen LogP contribution in [0.3, 0.4) is 0 Å². The van der Waals surface area contributed by atoms with Crippen molar-refractivity contribution >= 4 is 11.6 Å². The molecule has 0 saturated heterocycles. The summed E-state index contributed by atoms with van der Waals surface area (Å²) < 4.78 is 3.63. The van der Waals surface area contributed by atoms with E-state index in [0.29, 0.717) is 22.7 Å². The van der Waals surface area contributed by atoms with Crippen molar-refractivity contribution in [1.82, 2.24) is 9.55 Å². The van der Waals surface area contributed by atoms with E-state index in [1.807, 2.05) is 71.3 Å². The number of aromatic nitrogens is 3. The van der Waals surface area contributed by atoms with Crippen LogP contribution in [0.2, 0.25) is 5.15 Å². The van der Waals surface area contributed by atoms with Crippen molar-refractivity contribution in [3.8, 4) is 22.7 Å². The van der Waals surface area contributed by atoms with Gasteiger partial charge in [0.1, 0.15) is 16.9 Å². The zero-order valence-corrected chi connectivity index (χ0v) is 17.5. The van der Waals surface area contributed by atoms with E-state index in [1.165, 1.54) is 0 Å². The highest BCUT2D eigenvalue weighted by Crippen LogP contribution is 2.31. The minimum absolute atomic E-state index is 0.0157. The van der Waals surface area contributed by atoms with Gasteiger partial charge >= 0.3 is 5.56 Å². The van der Waals surface area contributed by atoms with Crippen LogP contribution in [0.25, 0.3) is 16.8 Å². The number of para-hydroxylation sites is 1. The molecule has 5 nitrogen and oxygen atoms in total. The van der Waals surface area contributed by atoms with Gasteiger partial charge in [-0.05, 0) is 36.6 Å². The highest BCUT2D eigenvalue weighted by Gasteiger charge is 2.37. The van der Waals surface area contributed by atoms with Crippen LogP contribution in [0.1, 0.15) is 30.3 Å². The van der Waals surface area contributed by atoms with Gasteiger partial charge in [-0.1, -0.05) is 66.2 Å². The molecule has 3 heterocycles. The van der Waals surface area contributed by atoms with Crippen molar-refractivity contribution in [3.05, 3.63) is 106 Å². The van der Waals surface area contributed by atoms with E-state index in [1.54, 1.807) is 16.8 Å². The quantitative estimate of drug-likeness (QED) is 0.385. The van der Waals surface area contributed by atoms with Gasteiger partial charge in [-0.3, -0.25) is 0 Å². The average Bonchev–Trinajstić information content (AvgIpc) is 2.81. The standard InChI is InChI=1S/C25H20ClN3O2/c26-21-15-14-18(16-27-21)20-12-7-13-22-28(19-10-5-2-6-11-19)24(30)23(25(31)29(20)22)17-8-3-1-4-9-17/h1-6,8-11,14-16,20H,7,12-13H2/p+1. The van der Waals surface area contributed by atoms with E-state index in [-0.39, 0.29) is 17.5 Å². The Balaban J connectivity index is 1.84. The Morgan fingerprint density at radius 2 is 1.71 bits per heavy atom. The van der Waals surface area contributed by atoms with E-state index in [2.05, 4.69) is 4.98 Å². The van der Waals surface area contributed by atoms with Crippen LogP contribution in [0.5, 0.6) is 5.88 Å². The fraction of sp³-hybridized carbons (Fsp3) is 0.160. The van der Waals surface area contributed by atoms with E-state index in [4.69, 9.17) is 11.6 Å². The first-order valence-electron chi connectivity index (χ1n) is 10.3. The van der Waals surface area contributed by atoms with Gasteiger partial charge in [-0.2, -0.15) is 9.13 Å². The number of hydrogen-bond donors (Lipinski definition) is 1. The smallest absolute Gasteiger partial charge is 0.354 e. The van der Waals surface area contributed by atoms with Gasteiger partial charge < -0.3 is 5.11 Å². The largest absolute Gasteiger partial charge is 0.477 e. The minimum Gasteiger partial charge on any atom is -0.477 e. The molecular formula is C25H21ClN3O2+. The van der Waals surface area contributed by atoms with Crippen molar-refractivity contribution in [2.75, 3.05) is 0 Å². The molecule has 1 aliphatic rings. The molecule has 0 bridgehead atoms. The van der Waals surface area contributed by atoms with Crippen molar-refractivity contribution in [2.45, 2.75) is 25.3 Å². The number of nitrogens with zero attached hydrogens (tertiary/aromatic N) is 3. The molecule has 0 radical (unpaired) electrons. The summed E-state index contributed by atoms with van der Waals surface area (Å²) in [4.78, 5) is 17.9. The summed E-state index contributed by atoms with van der Waals surface area (Å²) in [5.74, 6) is 0.762. The second-order valence-electron chi connectivity index (χ2n) is 7.65. The van der Waals surface area contributed by atoms with Gasteiger partial charge in [0.15, 0.2) is 5.56 Å². The van der Waals surface area contributed by atoms with E-state index in [0.717, 1.165) is 29.9 Å². The van der Waals surface area contributed by atoms with Gasteiger partial charge in [-0.25, -0.2) is 9.78 Å². The lowest BCUT2D eigenvalue weighted by Crippen LogP contribution is -2.52. The van der Waals surface area contributed by atoms with Crippen molar-refractivity contribution in [2.24, 2.45) is 0 Å². The van der Waals surface area contributed by atoms with Crippen molar-refractivity contribution in [1.29, 1.82) is 0 Å². The van der Waals surface area contributed by atoms with Crippen molar-refractivity contribution < 1.29 is 9.67 Å². The number of hydrogen-bond acceptors (Lipinski definition) is 3. The van der Waals surface area contributed by atoms with Crippen molar-refractivity contribution in [3.63, 3.8) is 0 Å². The second kappa shape index (κ2) is 8.00.